The number of nitrogens with zero attached hydrogens (tertiary/aromatic N) is 6. The lowest BCUT2D eigenvalue weighted by Gasteiger charge is -2.36. The van der Waals surface area contributed by atoms with Gasteiger partial charge in [-0.3, -0.25) is 9.20 Å². The Morgan fingerprint density at radius 1 is 0.868 bits per heavy atom. The first kappa shape index (κ1) is 23.9. The van der Waals surface area contributed by atoms with Gasteiger partial charge in [0.1, 0.15) is 23.2 Å². The highest BCUT2D eigenvalue weighted by molar-refractivity contribution is 5.84. The largest absolute Gasteiger partial charge is 0.372 e. The van der Waals surface area contributed by atoms with E-state index in [0.29, 0.717) is 31.7 Å². The average molecular weight is 506 g/mol. The number of imidazole rings is 1. The summed E-state index contributed by atoms with van der Waals surface area (Å²) in [5, 5.41) is 12.8. The molecule has 4 aromatic rings. The van der Waals surface area contributed by atoms with Gasteiger partial charge in [-0.25, -0.2) is 4.98 Å². The van der Waals surface area contributed by atoms with Crippen molar-refractivity contribution in [3.63, 3.8) is 0 Å². The van der Waals surface area contributed by atoms with Crippen LogP contribution < -0.4 is 15.1 Å². The van der Waals surface area contributed by atoms with Crippen LogP contribution in [-0.2, 0) is 4.79 Å². The summed E-state index contributed by atoms with van der Waals surface area (Å²) in [6.07, 6.45) is 4.47. The lowest BCUT2D eigenvalue weighted by molar-refractivity contribution is -0.129. The second-order valence-electron chi connectivity index (χ2n) is 9.83. The quantitative estimate of drug-likeness (QED) is 0.422. The van der Waals surface area contributed by atoms with Crippen molar-refractivity contribution < 1.29 is 4.79 Å². The Hall–Kier alpha value is -4.51. The van der Waals surface area contributed by atoms with Gasteiger partial charge in [0.05, 0.1) is 17.8 Å². The molecule has 0 unspecified atom stereocenters. The van der Waals surface area contributed by atoms with E-state index in [1.807, 2.05) is 58.0 Å². The van der Waals surface area contributed by atoms with E-state index in [-0.39, 0.29) is 12.5 Å². The number of aromatic nitrogens is 2. The van der Waals surface area contributed by atoms with Crippen LogP contribution in [0, 0.1) is 11.3 Å². The highest BCUT2D eigenvalue weighted by Gasteiger charge is 2.23. The Morgan fingerprint density at radius 3 is 2.37 bits per heavy atom. The highest BCUT2D eigenvalue weighted by atomic mass is 16.2. The lowest BCUT2D eigenvalue weighted by atomic mass is 10.1. The fraction of sp³-hybridized carbons (Fsp3) is 0.300. The van der Waals surface area contributed by atoms with Crippen LogP contribution in [-0.4, -0.2) is 66.0 Å². The number of carbonyl (C=O) groups excluding carboxylic acids is 1. The van der Waals surface area contributed by atoms with Crippen LogP contribution in [0.5, 0.6) is 0 Å². The number of para-hydroxylation sites is 1. The summed E-state index contributed by atoms with van der Waals surface area (Å²) >= 11 is 0. The SMILES string of the molecule is N#Cc1ccccc1N1CCN(C(=O)CNc2c(-c3ccc(N4CCCC4)cc3)nc3ccccn23)CC1. The Morgan fingerprint density at radius 2 is 1.61 bits per heavy atom. The third-order valence-corrected chi connectivity index (χ3v) is 7.55. The number of piperazine rings is 1. The van der Waals surface area contributed by atoms with Crippen molar-refractivity contribution in [2.45, 2.75) is 12.8 Å². The standard InChI is InChI=1S/C30H31N7O/c31-21-24-7-1-2-8-26(24)35-17-19-36(20-18-35)28(38)22-32-30-29(33-27-9-3-4-16-37(27)30)23-10-12-25(13-11-23)34-14-5-6-15-34/h1-4,7-13,16,32H,5-6,14-15,17-20,22H2. The predicted octanol–water partition coefficient (Wildman–Crippen LogP) is 4.23. The smallest absolute Gasteiger partial charge is 0.242 e. The first-order chi connectivity index (χ1) is 18.7. The number of nitriles is 1. The second-order valence-corrected chi connectivity index (χ2v) is 9.83. The summed E-state index contributed by atoms with van der Waals surface area (Å²) in [4.78, 5) is 24.6. The van der Waals surface area contributed by atoms with Gasteiger partial charge in [0.25, 0.3) is 0 Å². The summed E-state index contributed by atoms with van der Waals surface area (Å²) < 4.78 is 2.01. The summed E-state index contributed by atoms with van der Waals surface area (Å²) in [5.74, 6) is 0.879. The topological polar surface area (TPSA) is 79.9 Å². The molecular formula is C30H31N7O. The summed E-state index contributed by atoms with van der Waals surface area (Å²) in [7, 11) is 0. The molecule has 1 N–H and O–H groups in total. The number of hydrogen-bond donors (Lipinski definition) is 1. The molecule has 6 rings (SSSR count). The summed E-state index contributed by atoms with van der Waals surface area (Å²) in [5.41, 5.74) is 5.56. The van der Waals surface area contributed by atoms with E-state index in [4.69, 9.17) is 4.98 Å². The molecule has 192 valence electrons. The van der Waals surface area contributed by atoms with Crippen molar-refractivity contribution in [1.82, 2.24) is 14.3 Å². The van der Waals surface area contributed by atoms with Crippen LogP contribution in [0.4, 0.5) is 17.2 Å². The molecule has 1 amide bonds. The molecule has 0 aliphatic carbocycles. The molecule has 2 aliphatic heterocycles. The molecule has 2 saturated heterocycles. The first-order valence-corrected chi connectivity index (χ1v) is 13.3. The molecule has 0 bridgehead atoms. The van der Waals surface area contributed by atoms with Crippen molar-refractivity contribution in [2.24, 2.45) is 0 Å². The fourth-order valence-corrected chi connectivity index (χ4v) is 5.48. The van der Waals surface area contributed by atoms with Gasteiger partial charge in [0, 0.05) is 56.7 Å². The second kappa shape index (κ2) is 10.5. The highest BCUT2D eigenvalue weighted by Crippen LogP contribution is 2.31. The minimum absolute atomic E-state index is 0.0550. The van der Waals surface area contributed by atoms with Crippen molar-refractivity contribution in [2.75, 3.05) is 60.9 Å². The molecule has 8 heteroatoms. The number of amides is 1. The molecule has 2 aliphatic rings. The molecule has 2 fully saturated rings. The van der Waals surface area contributed by atoms with Crippen molar-refractivity contribution in [1.29, 1.82) is 5.26 Å². The van der Waals surface area contributed by atoms with Crippen molar-refractivity contribution >= 4 is 28.7 Å². The molecule has 0 radical (unpaired) electrons. The number of nitrogens with one attached hydrogen (secondary N) is 1. The van der Waals surface area contributed by atoms with Gasteiger partial charge in [-0.05, 0) is 49.2 Å². The van der Waals surface area contributed by atoms with Crippen LogP contribution in [0.15, 0.2) is 72.9 Å². The Kier molecular flexibility index (Phi) is 6.57. The van der Waals surface area contributed by atoms with Gasteiger partial charge in [-0.1, -0.05) is 30.3 Å². The van der Waals surface area contributed by atoms with Gasteiger partial charge < -0.3 is 20.0 Å². The van der Waals surface area contributed by atoms with Crippen LogP contribution in [0.3, 0.4) is 0 Å². The van der Waals surface area contributed by atoms with Crippen molar-refractivity contribution in [3.8, 4) is 17.3 Å². The molecular weight excluding hydrogens is 474 g/mol. The summed E-state index contributed by atoms with van der Waals surface area (Å²) in [6, 6.07) is 24.4. The molecule has 2 aromatic heterocycles. The average Bonchev–Trinajstić information content (AvgIpc) is 3.65. The van der Waals surface area contributed by atoms with Gasteiger partial charge in [0.2, 0.25) is 5.91 Å². The van der Waals surface area contributed by atoms with Gasteiger partial charge in [-0.15, -0.1) is 0 Å². The number of anilines is 3. The van der Waals surface area contributed by atoms with E-state index in [9.17, 15) is 10.1 Å². The number of hydrogen-bond acceptors (Lipinski definition) is 6. The maximum absolute atomic E-state index is 13.2. The number of fused-ring (bicyclic) bond motifs is 1. The van der Waals surface area contributed by atoms with E-state index < -0.39 is 0 Å². The molecule has 4 heterocycles. The molecule has 0 atom stereocenters. The van der Waals surface area contributed by atoms with E-state index in [0.717, 1.165) is 41.5 Å². The van der Waals surface area contributed by atoms with E-state index in [1.54, 1.807) is 0 Å². The van der Waals surface area contributed by atoms with Gasteiger partial charge >= 0.3 is 0 Å². The van der Waals surface area contributed by atoms with Gasteiger partial charge in [-0.2, -0.15) is 5.26 Å². The first-order valence-electron chi connectivity index (χ1n) is 13.3. The number of pyridine rings is 1. The monoisotopic (exact) mass is 505 g/mol. The Labute approximate surface area is 222 Å². The van der Waals surface area contributed by atoms with Crippen LogP contribution in [0.2, 0.25) is 0 Å². The zero-order valence-corrected chi connectivity index (χ0v) is 21.4. The van der Waals surface area contributed by atoms with E-state index in [1.165, 1.54) is 18.5 Å². The minimum Gasteiger partial charge on any atom is -0.372 e. The molecule has 38 heavy (non-hydrogen) atoms. The fourth-order valence-electron chi connectivity index (χ4n) is 5.48. The minimum atomic E-state index is 0.0550. The zero-order chi connectivity index (χ0) is 25.9. The van der Waals surface area contributed by atoms with Crippen LogP contribution in [0.25, 0.3) is 16.9 Å². The zero-order valence-electron chi connectivity index (χ0n) is 21.4. The maximum Gasteiger partial charge on any atom is 0.242 e. The maximum atomic E-state index is 13.2. The number of carbonyl (C=O) groups is 1. The Bertz CT molecular complexity index is 1470. The molecule has 2 aromatic carbocycles. The third kappa shape index (κ3) is 4.63. The van der Waals surface area contributed by atoms with Crippen molar-refractivity contribution in [3.05, 3.63) is 78.5 Å². The summed E-state index contributed by atoms with van der Waals surface area (Å²) in [6.45, 7) is 5.07. The van der Waals surface area contributed by atoms with Gasteiger partial charge in [0.15, 0.2) is 0 Å². The lowest BCUT2D eigenvalue weighted by Crippen LogP contribution is -2.50. The van der Waals surface area contributed by atoms with E-state index >= 15 is 0 Å². The number of benzene rings is 2. The number of rotatable bonds is 6. The molecule has 8 nitrogen and oxygen atoms in total. The Balaban J connectivity index is 1.15. The van der Waals surface area contributed by atoms with Crippen LogP contribution in [0.1, 0.15) is 18.4 Å². The normalized spacial score (nSPS) is 15.6. The third-order valence-electron chi connectivity index (χ3n) is 7.55. The van der Waals surface area contributed by atoms with Crippen LogP contribution >= 0.6 is 0 Å². The van der Waals surface area contributed by atoms with E-state index in [2.05, 4.69) is 45.5 Å². The molecule has 0 spiro atoms. The predicted molar refractivity (Wildman–Crippen MR) is 151 cm³/mol. The molecule has 0 saturated carbocycles.